The van der Waals surface area contributed by atoms with Crippen LogP contribution in [-0.4, -0.2) is 72.0 Å². The molecule has 34 heavy (non-hydrogen) atoms. The predicted molar refractivity (Wildman–Crippen MR) is 109 cm³/mol. The molecular weight excluding hydrogens is 489 g/mol. The number of halogens is 5. The van der Waals surface area contributed by atoms with Crippen LogP contribution in [0.3, 0.4) is 0 Å². The normalized spacial score (nSPS) is 20.8. The van der Waals surface area contributed by atoms with Crippen molar-refractivity contribution in [2.45, 2.75) is 61.3 Å². The van der Waals surface area contributed by atoms with Crippen molar-refractivity contribution in [1.82, 2.24) is 14.8 Å². The van der Waals surface area contributed by atoms with Crippen LogP contribution in [0.15, 0.2) is 18.3 Å². The van der Waals surface area contributed by atoms with Gasteiger partial charge in [-0.3, -0.25) is 15.0 Å². The number of hydrogen-bond acceptors (Lipinski definition) is 6. The Balaban J connectivity index is 1.63. The van der Waals surface area contributed by atoms with E-state index in [0.29, 0.717) is 18.5 Å². The zero-order valence-corrected chi connectivity index (χ0v) is 19.0. The van der Waals surface area contributed by atoms with Crippen molar-refractivity contribution < 1.29 is 45.1 Å². The second kappa shape index (κ2) is 9.99. The number of hydrogen-bond donors (Lipinski definition) is 2. The lowest BCUT2D eigenvalue weighted by molar-refractivity contribution is -0.284. The molecule has 3 heterocycles. The van der Waals surface area contributed by atoms with Crippen LogP contribution in [0.2, 0.25) is 0 Å². The number of carbonyl (C=O) groups is 1. The van der Waals surface area contributed by atoms with E-state index in [9.17, 15) is 35.2 Å². The fourth-order valence-electron chi connectivity index (χ4n) is 4.31. The Morgan fingerprint density at radius 1 is 1.18 bits per heavy atom. The number of aromatic nitrogens is 1. The fraction of sp³-hybridized carbons (Fsp3) is 0.700. The van der Waals surface area contributed by atoms with E-state index in [2.05, 4.69) is 4.98 Å². The van der Waals surface area contributed by atoms with Gasteiger partial charge >= 0.3 is 12.1 Å². The van der Waals surface area contributed by atoms with Crippen molar-refractivity contribution in [2.75, 3.05) is 26.3 Å². The summed E-state index contributed by atoms with van der Waals surface area (Å²) in [6.07, 6.45) is -5.62. The molecule has 2 aliphatic heterocycles. The van der Waals surface area contributed by atoms with Gasteiger partial charge in [-0.15, -0.1) is 0 Å². The summed E-state index contributed by atoms with van der Waals surface area (Å²) in [5.74, 6) is -5.92. The van der Waals surface area contributed by atoms with Gasteiger partial charge in [-0.05, 0) is 30.9 Å². The Kier molecular flexibility index (Phi) is 7.85. The van der Waals surface area contributed by atoms with E-state index in [4.69, 9.17) is 9.94 Å². The molecule has 0 saturated carbocycles. The average Bonchev–Trinajstić information content (AvgIpc) is 2.82. The first-order valence-electron chi connectivity index (χ1n) is 10.8. The minimum Gasteiger partial charge on any atom is -0.381 e. The van der Waals surface area contributed by atoms with Gasteiger partial charge in [-0.1, -0.05) is 6.07 Å². The number of piperidine rings is 1. The molecule has 0 spiro atoms. The highest BCUT2D eigenvalue weighted by atomic mass is 32.2. The maximum Gasteiger partial charge on any atom is 0.453 e. The lowest BCUT2D eigenvalue weighted by atomic mass is 9.93. The van der Waals surface area contributed by atoms with Crippen molar-refractivity contribution in [3.8, 4) is 0 Å². The molecule has 0 bridgehead atoms. The summed E-state index contributed by atoms with van der Waals surface area (Å²) in [4.78, 5) is 16.5. The molecule has 2 N–H and O–H groups in total. The van der Waals surface area contributed by atoms with Crippen LogP contribution in [-0.2, 0) is 26.0 Å². The monoisotopic (exact) mass is 515 g/mol. The number of pyridine rings is 1. The molecule has 1 aromatic rings. The number of nitrogens with zero attached hydrogens (tertiary/aromatic N) is 2. The molecule has 0 radical (unpaired) electrons. The minimum absolute atomic E-state index is 0.0638. The third kappa shape index (κ3) is 5.19. The first kappa shape index (κ1) is 26.7. The Hall–Kier alpha value is -1.90. The molecule has 2 fully saturated rings. The first-order valence-corrected chi connectivity index (χ1v) is 12.2. The number of sulfonamides is 1. The molecule has 3 rings (SSSR count). The fourth-order valence-corrected chi connectivity index (χ4v) is 6.46. The standard InChI is InChI=1S/C20H26F5N3O5S/c21-19(22,20(23,24)25)6-3-14-1-2-16(26-13-14)15-4-9-28(10-5-15)34(31,32)18(17(29)27-30)7-11-33-12-8-18/h1-2,13,15,30H,3-12H2,(H,27,29). The maximum absolute atomic E-state index is 13.3. The zero-order valence-electron chi connectivity index (χ0n) is 18.2. The van der Waals surface area contributed by atoms with Crippen molar-refractivity contribution in [1.29, 1.82) is 0 Å². The number of rotatable bonds is 7. The Morgan fingerprint density at radius 2 is 1.79 bits per heavy atom. The van der Waals surface area contributed by atoms with Gasteiger partial charge in [0.15, 0.2) is 4.75 Å². The maximum atomic E-state index is 13.3. The van der Waals surface area contributed by atoms with Gasteiger partial charge in [-0.25, -0.2) is 18.2 Å². The van der Waals surface area contributed by atoms with Crippen molar-refractivity contribution in [3.63, 3.8) is 0 Å². The molecule has 2 saturated heterocycles. The van der Waals surface area contributed by atoms with E-state index in [1.54, 1.807) is 6.07 Å². The lowest BCUT2D eigenvalue weighted by Gasteiger charge is -2.40. The van der Waals surface area contributed by atoms with Crippen LogP contribution >= 0.6 is 0 Å². The van der Waals surface area contributed by atoms with Gasteiger partial charge in [0.25, 0.3) is 5.91 Å². The highest BCUT2D eigenvalue weighted by Crippen LogP contribution is 2.39. The number of hydroxylamine groups is 1. The summed E-state index contributed by atoms with van der Waals surface area (Å²) in [5, 5.41) is 9.12. The number of aryl methyl sites for hydroxylation is 1. The molecule has 1 amide bonds. The van der Waals surface area contributed by atoms with Gasteiger partial charge in [0.1, 0.15) is 0 Å². The highest BCUT2D eigenvalue weighted by Gasteiger charge is 2.57. The van der Waals surface area contributed by atoms with Gasteiger partial charge in [0.2, 0.25) is 10.0 Å². The van der Waals surface area contributed by atoms with E-state index < -0.39 is 45.6 Å². The van der Waals surface area contributed by atoms with Gasteiger partial charge in [-0.2, -0.15) is 22.0 Å². The van der Waals surface area contributed by atoms with Crippen molar-refractivity contribution in [3.05, 3.63) is 29.6 Å². The van der Waals surface area contributed by atoms with E-state index in [1.165, 1.54) is 22.0 Å². The topological polar surface area (TPSA) is 109 Å². The molecule has 1 aromatic heterocycles. The number of nitrogens with one attached hydrogen (secondary N) is 1. The van der Waals surface area contributed by atoms with Gasteiger partial charge in [0.05, 0.1) is 0 Å². The van der Waals surface area contributed by atoms with Gasteiger partial charge in [0, 0.05) is 63.4 Å². The van der Waals surface area contributed by atoms with Crippen molar-refractivity contribution in [2.24, 2.45) is 0 Å². The smallest absolute Gasteiger partial charge is 0.381 e. The summed E-state index contributed by atoms with van der Waals surface area (Å²) in [6.45, 7) is 0.341. The molecule has 8 nitrogen and oxygen atoms in total. The van der Waals surface area contributed by atoms with Crippen LogP contribution in [0.25, 0.3) is 0 Å². The Morgan fingerprint density at radius 3 is 2.29 bits per heavy atom. The van der Waals surface area contributed by atoms with E-state index in [0.717, 1.165) is 0 Å². The van der Waals surface area contributed by atoms with E-state index in [1.807, 2.05) is 0 Å². The number of carbonyl (C=O) groups excluding carboxylic acids is 1. The summed E-state index contributed by atoms with van der Waals surface area (Å²) >= 11 is 0. The second-order valence-corrected chi connectivity index (χ2v) is 10.8. The SMILES string of the molecule is O=C(NO)C1(S(=O)(=O)N2CCC(c3ccc(CCC(F)(F)C(F)(F)F)cn3)CC2)CCOCC1. The number of alkyl halides is 5. The predicted octanol–water partition coefficient (Wildman–Crippen LogP) is 2.78. The van der Waals surface area contributed by atoms with Gasteiger partial charge < -0.3 is 4.74 Å². The third-order valence-electron chi connectivity index (χ3n) is 6.51. The van der Waals surface area contributed by atoms with Crippen LogP contribution < -0.4 is 5.48 Å². The second-order valence-electron chi connectivity index (χ2n) is 8.52. The molecule has 0 unspecified atom stereocenters. The molecule has 0 atom stereocenters. The van der Waals surface area contributed by atoms with Crippen LogP contribution in [0.1, 0.15) is 49.3 Å². The lowest BCUT2D eigenvalue weighted by Crippen LogP contribution is -2.60. The van der Waals surface area contributed by atoms with Crippen LogP contribution in [0, 0.1) is 0 Å². The largest absolute Gasteiger partial charge is 0.453 e. The minimum atomic E-state index is -5.60. The first-order chi connectivity index (χ1) is 15.8. The Labute approximate surface area is 193 Å². The van der Waals surface area contributed by atoms with Crippen LogP contribution in [0.4, 0.5) is 22.0 Å². The summed E-state index contributed by atoms with van der Waals surface area (Å²) < 4.78 is 94.4. The van der Waals surface area contributed by atoms with E-state index in [-0.39, 0.29) is 50.6 Å². The third-order valence-corrected chi connectivity index (χ3v) is 9.14. The number of ether oxygens (including phenoxy) is 1. The molecule has 192 valence electrons. The van der Waals surface area contributed by atoms with Crippen LogP contribution in [0.5, 0.6) is 0 Å². The summed E-state index contributed by atoms with van der Waals surface area (Å²) in [7, 11) is -4.11. The summed E-state index contributed by atoms with van der Waals surface area (Å²) in [6, 6.07) is 3.00. The quantitative estimate of drug-likeness (QED) is 0.329. The molecule has 0 aromatic carbocycles. The number of amides is 1. The van der Waals surface area contributed by atoms with Crippen molar-refractivity contribution >= 4 is 15.9 Å². The zero-order chi connectivity index (χ0) is 25.2. The average molecular weight is 516 g/mol. The molecule has 0 aliphatic carbocycles. The highest BCUT2D eigenvalue weighted by molar-refractivity contribution is 7.91. The molecular formula is C20H26F5N3O5S. The Bertz CT molecular complexity index is 958. The summed E-state index contributed by atoms with van der Waals surface area (Å²) in [5.41, 5.74) is 2.29. The molecule has 14 heteroatoms. The van der Waals surface area contributed by atoms with E-state index >= 15 is 0 Å². The molecule has 2 aliphatic rings.